The average molecular weight is 378 g/mol. The van der Waals surface area contributed by atoms with Crippen LogP contribution in [-0.2, 0) is 15.4 Å². The number of rotatable bonds is 7. The molecule has 2 heterocycles. The van der Waals surface area contributed by atoms with Crippen molar-refractivity contribution in [1.82, 2.24) is 19.7 Å². The molecule has 3 rings (SSSR count). The molecule has 0 spiro atoms. The van der Waals surface area contributed by atoms with Crippen LogP contribution in [0, 0.1) is 12.7 Å². The summed E-state index contributed by atoms with van der Waals surface area (Å²) in [5.41, 5.74) is 0.681. The summed E-state index contributed by atoms with van der Waals surface area (Å²) in [6.45, 7) is 4.22. The van der Waals surface area contributed by atoms with Crippen LogP contribution < -0.4 is 10.0 Å². The lowest BCUT2D eigenvalue weighted by Gasteiger charge is -2.41. The van der Waals surface area contributed by atoms with Crippen LogP contribution in [0.5, 0.6) is 0 Å². The van der Waals surface area contributed by atoms with Gasteiger partial charge in [0.05, 0.1) is 11.9 Å². The molecular formula is C17H21FN5O2S. The van der Waals surface area contributed by atoms with E-state index in [1.54, 1.807) is 12.3 Å². The third-order valence-electron chi connectivity index (χ3n) is 4.59. The fourth-order valence-corrected chi connectivity index (χ4v) is 3.71. The molecule has 0 aromatic carbocycles. The van der Waals surface area contributed by atoms with Gasteiger partial charge in [-0.1, -0.05) is 6.42 Å². The van der Waals surface area contributed by atoms with Crippen LogP contribution in [0.3, 0.4) is 0 Å². The Kier molecular flexibility index (Phi) is 5.19. The molecule has 2 aromatic rings. The van der Waals surface area contributed by atoms with Crippen LogP contribution in [0.15, 0.2) is 30.7 Å². The first-order valence-corrected chi connectivity index (χ1v) is 10.2. The van der Waals surface area contributed by atoms with Crippen molar-refractivity contribution in [2.75, 3.05) is 18.1 Å². The third-order valence-corrected chi connectivity index (χ3v) is 5.30. The largest absolute Gasteiger partial charge is 0.353 e. The van der Waals surface area contributed by atoms with Crippen LogP contribution in [-0.4, -0.2) is 36.2 Å². The molecule has 1 aliphatic rings. The van der Waals surface area contributed by atoms with E-state index in [9.17, 15) is 12.8 Å². The van der Waals surface area contributed by atoms with Crippen LogP contribution >= 0.6 is 0 Å². The Morgan fingerprint density at radius 1 is 1.31 bits per heavy atom. The summed E-state index contributed by atoms with van der Waals surface area (Å²) in [5, 5.41) is 3.14. The van der Waals surface area contributed by atoms with Gasteiger partial charge in [0.1, 0.15) is 5.82 Å². The van der Waals surface area contributed by atoms with E-state index >= 15 is 0 Å². The van der Waals surface area contributed by atoms with Gasteiger partial charge in [0.25, 0.3) is 0 Å². The fourth-order valence-electron chi connectivity index (χ4n) is 3.06. The summed E-state index contributed by atoms with van der Waals surface area (Å²) in [7, 11) is -3.37. The van der Waals surface area contributed by atoms with E-state index in [1.807, 2.05) is 0 Å². The van der Waals surface area contributed by atoms with Gasteiger partial charge in [-0.15, -0.1) is 0 Å². The molecule has 0 saturated heterocycles. The summed E-state index contributed by atoms with van der Waals surface area (Å²) >= 11 is 0. The van der Waals surface area contributed by atoms with Gasteiger partial charge in [-0.3, -0.25) is 4.98 Å². The maximum Gasteiger partial charge on any atom is 0.222 e. The van der Waals surface area contributed by atoms with Crippen molar-refractivity contribution in [2.45, 2.75) is 30.7 Å². The van der Waals surface area contributed by atoms with Gasteiger partial charge in [-0.05, 0) is 31.9 Å². The van der Waals surface area contributed by atoms with E-state index in [4.69, 9.17) is 0 Å². The molecule has 1 radical (unpaired) electrons. The first-order valence-electron chi connectivity index (χ1n) is 8.26. The van der Waals surface area contributed by atoms with E-state index in [2.05, 4.69) is 31.9 Å². The van der Waals surface area contributed by atoms with Crippen LogP contribution in [0.25, 0.3) is 0 Å². The molecule has 1 aliphatic carbocycles. The quantitative estimate of drug-likeness (QED) is 0.765. The summed E-state index contributed by atoms with van der Waals surface area (Å²) in [6, 6.07) is 2.34. The number of aromatic nitrogens is 3. The van der Waals surface area contributed by atoms with Crippen molar-refractivity contribution in [3.63, 3.8) is 0 Å². The minimum atomic E-state index is -3.37. The van der Waals surface area contributed by atoms with Crippen molar-refractivity contribution in [2.24, 2.45) is 0 Å². The molecular weight excluding hydrogens is 357 g/mol. The Hall–Kier alpha value is -2.13. The molecule has 1 atom stereocenters. The number of pyridine rings is 1. The Morgan fingerprint density at radius 3 is 2.54 bits per heavy atom. The summed E-state index contributed by atoms with van der Waals surface area (Å²) in [5.74, 6) is 0.0972. The molecule has 0 bridgehead atoms. The number of anilines is 1. The lowest BCUT2D eigenvalue weighted by Crippen LogP contribution is -2.42. The molecule has 9 heteroatoms. The van der Waals surface area contributed by atoms with Gasteiger partial charge < -0.3 is 5.32 Å². The fraction of sp³-hybridized carbons (Fsp3) is 0.412. The van der Waals surface area contributed by atoms with Gasteiger partial charge >= 0.3 is 0 Å². The summed E-state index contributed by atoms with van der Waals surface area (Å²) in [6.07, 6.45) is 8.43. The summed E-state index contributed by atoms with van der Waals surface area (Å²) < 4.78 is 39.0. The van der Waals surface area contributed by atoms with Crippen molar-refractivity contribution in [3.8, 4) is 0 Å². The molecule has 0 aliphatic heterocycles. The Labute approximate surface area is 152 Å². The molecule has 2 N–H and O–H groups in total. The molecule has 7 nitrogen and oxygen atoms in total. The average Bonchev–Trinajstić information content (AvgIpc) is 2.54. The monoisotopic (exact) mass is 378 g/mol. The predicted molar refractivity (Wildman–Crippen MR) is 96.3 cm³/mol. The van der Waals surface area contributed by atoms with E-state index in [0.29, 0.717) is 23.8 Å². The SMILES string of the molecule is [CH2]C(NS(C)(=O)=O)c1cnc(NCC2(c3ncccc3F)CCC2)nc1. The number of nitrogens with zero attached hydrogens (tertiary/aromatic N) is 3. The van der Waals surface area contributed by atoms with Crippen LogP contribution in [0.4, 0.5) is 10.3 Å². The van der Waals surface area contributed by atoms with E-state index in [0.717, 1.165) is 25.5 Å². The van der Waals surface area contributed by atoms with Crippen molar-refractivity contribution >= 4 is 16.0 Å². The second kappa shape index (κ2) is 7.24. The zero-order valence-electron chi connectivity index (χ0n) is 14.4. The number of nitrogens with one attached hydrogen (secondary N) is 2. The van der Waals surface area contributed by atoms with Gasteiger partial charge in [0, 0.05) is 42.2 Å². The molecule has 0 amide bonds. The molecule has 2 aromatic heterocycles. The molecule has 26 heavy (non-hydrogen) atoms. The maximum atomic E-state index is 14.1. The molecule has 139 valence electrons. The number of sulfonamides is 1. The highest BCUT2D eigenvalue weighted by atomic mass is 32.2. The lowest BCUT2D eigenvalue weighted by molar-refractivity contribution is 0.243. The van der Waals surface area contributed by atoms with Gasteiger partial charge in [-0.25, -0.2) is 27.5 Å². The zero-order chi connectivity index (χ0) is 18.8. The zero-order valence-corrected chi connectivity index (χ0v) is 15.3. The highest BCUT2D eigenvalue weighted by Gasteiger charge is 2.41. The van der Waals surface area contributed by atoms with E-state index in [-0.39, 0.29) is 11.2 Å². The minimum Gasteiger partial charge on any atom is -0.353 e. The number of hydrogen-bond acceptors (Lipinski definition) is 6. The second-order valence-electron chi connectivity index (χ2n) is 6.60. The van der Waals surface area contributed by atoms with Gasteiger partial charge in [0.2, 0.25) is 16.0 Å². The molecule has 1 unspecified atom stereocenters. The predicted octanol–water partition coefficient (Wildman–Crippen LogP) is 1.97. The standard InChI is InChI=1S/C17H21FN5O2S/c1-12(23-26(2,24)25)13-9-20-16(21-10-13)22-11-17(6-4-7-17)15-14(18)5-3-8-19-15/h3,5,8-10,12,23H,1,4,6-7,11H2,2H3,(H,20,21,22). The first-order chi connectivity index (χ1) is 12.3. The Morgan fingerprint density at radius 2 is 2.00 bits per heavy atom. The minimum absolute atomic E-state index is 0.294. The molecule has 1 fully saturated rings. The smallest absolute Gasteiger partial charge is 0.222 e. The lowest BCUT2D eigenvalue weighted by atomic mass is 9.66. The van der Waals surface area contributed by atoms with Gasteiger partial charge in [0.15, 0.2) is 0 Å². The normalized spacial score (nSPS) is 17.3. The van der Waals surface area contributed by atoms with Crippen LogP contribution in [0.1, 0.15) is 36.6 Å². The third kappa shape index (κ3) is 4.16. The molecule has 1 saturated carbocycles. The van der Waals surface area contributed by atoms with Crippen molar-refractivity contribution in [3.05, 3.63) is 54.7 Å². The van der Waals surface area contributed by atoms with Crippen molar-refractivity contribution < 1.29 is 12.8 Å². The number of hydrogen-bond donors (Lipinski definition) is 2. The Balaban J connectivity index is 1.67. The summed E-state index contributed by atoms with van der Waals surface area (Å²) in [4.78, 5) is 12.6. The van der Waals surface area contributed by atoms with Crippen molar-refractivity contribution in [1.29, 1.82) is 0 Å². The van der Waals surface area contributed by atoms with E-state index < -0.39 is 16.1 Å². The highest BCUT2D eigenvalue weighted by molar-refractivity contribution is 7.88. The second-order valence-corrected chi connectivity index (χ2v) is 8.38. The van der Waals surface area contributed by atoms with E-state index in [1.165, 1.54) is 18.5 Å². The first kappa shape index (κ1) is 18.7. The van der Waals surface area contributed by atoms with Crippen LogP contribution in [0.2, 0.25) is 0 Å². The van der Waals surface area contributed by atoms with Gasteiger partial charge in [-0.2, -0.15) is 0 Å². The maximum absolute atomic E-state index is 14.1. The number of halogens is 1. The Bertz CT molecular complexity index is 869. The highest BCUT2D eigenvalue weighted by Crippen LogP contribution is 2.43. The topological polar surface area (TPSA) is 96.9 Å².